The molecule has 0 saturated heterocycles. The van der Waals surface area contributed by atoms with E-state index in [2.05, 4.69) is 36.5 Å². The zero-order chi connectivity index (χ0) is 21.4. The number of benzene rings is 2. The number of hydrogen-bond acceptors (Lipinski definition) is 2. The Kier molecular flexibility index (Phi) is 8.99. The molecule has 29 heavy (non-hydrogen) atoms. The SMILES string of the molecule is CCNC(=O)C(C)N(Cc1ccc(Cl)c(Cl)c1)C(=O)CCc1ccc(CC)cc1. The van der Waals surface area contributed by atoms with Gasteiger partial charge in [-0.25, -0.2) is 0 Å². The summed E-state index contributed by atoms with van der Waals surface area (Å²) in [6.45, 7) is 6.53. The predicted molar refractivity (Wildman–Crippen MR) is 119 cm³/mol. The highest BCUT2D eigenvalue weighted by Gasteiger charge is 2.25. The first-order chi connectivity index (χ1) is 13.8. The van der Waals surface area contributed by atoms with E-state index in [0.717, 1.165) is 17.5 Å². The summed E-state index contributed by atoms with van der Waals surface area (Å²) in [5, 5.41) is 3.68. The van der Waals surface area contributed by atoms with Crippen molar-refractivity contribution in [3.63, 3.8) is 0 Å². The van der Waals surface area contributed by atoms with Gasteiger partial charge in [-0.3, -0.25) is 9.59 Å². The summed E-state index contributed by atoms with van der Waals surface area (Å²) in [4.78, 5) is 27.0. The Balaban J connectivity index is 2.14. The van der Waals surface area contributed by atoms with Gasteiger partial charge in [0.2, 0.25) is 11.8 Å². The molecule has 0 aliphatic rings. The molecule has 6 heteroatoms. The second-order valence-corrected chi connectivity index (χ2v) is 7.83. The fourth-order valence-corrected chi connectivity index (χ4v) is 3.40. The zero-order valence-corrected chi connectivity index (χ0v) is 18.7. The van der Waals surface area contributed by atoms with Crippen molar-refractivity contribution in [2.45, 2.75) is 52.6 Å². The summed E-state index contributed by atoms with van der Waals surface area (Å²) in [6, 6.07) is 13.0. The number of carbonyl (C=O) groups excluding carboxylic acids is 2. The average molecular weight is 435 g/mol. The maximum atomic E-state index is 13.0. The molecule has 156 valence electrons. The minimum Gasteiger partial charge on any atom is -0.355 e. The van der Waals surface area contributed by atoms with E-state index >= 15 is 0 Å². The summed E-state index contributed by atoms with van der Waals surface area (Å²) in [7, 11) is 0. The predicted octanol–water partition coefficient (Wildman–Crippen LogP) is 5.04. The molecule has 0 heterocycles. The van der Waals surface area contributed by atoms with Crippen LogP contribution in [-0.2, 0) is 29.0 Å². The van der Waals surface area contributed by atoms with Crippen molar-refractivity contribution in [2.75, 3.05) is 6.54 Å². The van der Waals surface area contributed by atoms with Crippen LogP contribution < -0.4 is 5.32 Å². The van der Waals surface area contributed by atoms with E-state index in [1.54, 1.807) is 24.0 Å². The molecular weight excluding hydrogens is 407 g/mol. The van der Waals surface area contributed by atoms with Gasteiger partial charge in [0.1, 0.15) is 6.04 Å². The smallest absolute Gasteiger partial charge is 0.242 e. The molecule has 0 aliphatic heterocycles. The summed E-state index contributed by atoms with van der Waals surface area (Å²) >= 11 is 12.1. The lowest BCUT2D eigenvalue weighted by atomic mass is 10.0. The molecule has 0 aliphatic carbocycles. The Labute approximate surface area is 183 Å². The van der Waals surface area contributed by atoms with Gasteiger partial charge in [-0.1, -0.05) is 60.5 Å². The van der Waals surface area contributed by atoms with Gasteiger partial charge in [-0.2, -0.15) is 0 Å². The van der Waals surface area contributed by atoms with Crippen LogP contribution in [0.1, 0.15) is 43.9 Å². The molecule has 2 aromatic rings. The van der Waals surface area contributed by atoms with Crippen molar-refractivity contribution >= 4 is 35.0 Å². The molecule has 1 unspecified atom stereocenters. The Morgan fingerprint density at radius 1 is 0.966 bits per heavy atom. The molecule has 0 radical (unpaired) electrons. The van der Waals surface area contributed by atoms with E-state index in [-0.39, 0.29) is 11.8 Å². The first-order valence-electron chi connectivity index (χ1n) is 9.94. The lowest BCUT2D eigenvalue weighted by Crippen LogP contribution is -2.47. The molecule has 1 N–H and O–H groups in total. The van der Waals surface area contributed by atoms with Gasteiger partial charge in [0.15, 0.2) is 0 Å². The van der Waals surface area contributed by atoms with Crippen molar-refractivity contribution in [1.82, 2.24) is 10.2 Å². The topological polar surface area (TPSA) is 49.4 Å². The van der Waals surface area contributed by atoms with Gasteiger partial charge in [0.05, 0.1) is 10.0 Å². The monoisotopic (exact) mass is 434 g/mol. The standard InChI is InChI=1S/C23H28Cl2N2O2/c1-4-17-6-8-18(9-7-17)11-13-22(28)27(16(3)23(29)26-5-2)15-19-10-12-20(24)21(25)14-19/h6-10,12,14,16H,4-5,11,13,15H2,1-3H3,(H,26,29). The number of amides is 2. The number of likely N-dealkylation sites (N-methyl/N-ethyl adjacent to an activating group) is 1. The third-order valence-corrected chi connectivity index (χ3v) is 5.65. The molecule has 0 spiro atoms. The summed E-state index contributed by atoms with van der Waals surface area (Å²) in [5.74, 6) is -0.248. The number of carbonyl (C=O) groups is 2. The van der Waals surface area contributed by atoms with E-state index in [1.165, 1.54) is 5.56 Å². The van der Waals surface area contributed by atoms with E-state index < -0.39 is 6.04 Å². The average Bonchev–Trinajstić information content (AvgIpc) is 2.72. The minimum atomic E-state index is -0.584. The fourth-order valence-electron chi connectivity index (χ4n) is 3.08. The van der Waals surface area contributed by atoms with Gasteiger partial charge >= 0.3 is 0 Å². The highest BCUT2D eigenvalue weighted by Crippen LogP contribution is 2.24. The Morgan fingerprint density at radius 2 is 1.59 bits per heavy atom. The second-order valence-electron chi connectivity index (χ2n) is 7.01. The lowest BCUT2D eigenvalue weighted by molar-refractivity contribution is -0.140. The Morgan fingerprint density at radius 3 is 2.17 bits per heavy atom. The van der Waals surface area contributed by atoms with Crippen LogP contribution >= 0.6 is 23.2 Å². The first-order valence-corrected chi connectivity index (χ1v) is 10.7. The number of halogens is 2. The maximum Gasteiger partial charge on any atom is 0.242 e. The van der Waals surface area contributed by atoms with Gasteiger partial charge < -0.3 is 10.2 Å². The second kappa shape index (κ2) is 11.2. The van der Waals surface area contributed by atoms with E-state index in [1.807, 2.05) is 13.0 Å². The third kappa shape index (κ3) is 6.76. The van der Waals surface area contributed by atoms with E-state index in [9.17, 15) is 9.59 Å². The highest BCUT2D eigenvalue weighted by molar-refractivity contribution is 6.42. The quantitative estimate of drug-likeness (QED) is 0.600. The number of nitrogens with zero attached hydrogens (tertiary/aromatic N) is 1. The van der Waals surface area contributed by atoms with Crippen LogP contribution in [0.2, 0.25) is 10.0 Å². The molecule has 2 rings (SSSR count). The van der Waals surface area contributed by atoms with E-state index in [4.69, 9.17) is 23.2 Å². The Hall–Kier alpha value is -2.04. The number of hydrogen-bond donors (Lipinski definition) is 1. The van der Waals surface area contributed by atoms with Crippen LogP contribution in [0.15, 0.2) is 42.5 Å². The van der Waals surface area contributed by atoms with Gasteiger partial charge in [-0.15, -0.1) is 0 Å². The molecular formula is C23H28Cl2N2O2. The summed E-state index contributed by atoms with van der Waals surface area (Å²) < 4.78 is 0. The summed E-state index contributed by atoms with van der Waals surface area (Å²) in [6.07, 6.45) is 1.94. The molecule has 0 bridgehead atoms. The molecule has 1 atom stereocenters. The van der Waals surface area contributed by atoms with Gasteiger partial charge in [0, 0.05) is 19.5 Å². The number of rotatable bonds is 9. The van der Waals surface area contributed by atoms with Gasteiger partial charge in [0.25, 0.3) is 0 Å². The molecule has 4 nitrogen and oxygen atoms in total. The third-order valence-electron chi connectivity index (χ3n) is 4.91. The minimum absolute atomic E-state index is 0.0746. The van der Waals surface area contributed by atoms with Crippen LogP contribution in [0, 0.1) is 0 Å². The Bertz CT molecular complexity index is 837. The lowest BCUT2D eigenvalue weighted by Gasteiger charge is -2.29. The van der Waals surface area contributed by atoms with Crippen molar-refractivity contribution in [2.24, 2.45) is 0 Å². The summed E-state index contributed by atoms with van der Waals surface area (Å²) in [5.41, 5.74) is 3.21. The van der Waals surface area contributed by atoms with Crippen molar-refractivity contribution < 1.29 is 9.59 Å². The largest absolute Gasteiger partial charge is 0.355 e. The van der Waals surface area contributed by atoms with Crippen molar-refractivity contribution in [3.8, 4) is 0 Å². The van der Waals surface area contributed by atoms with Crippen molar-refractivity contribution in [3.05, 3.63) is 69.2 Å². The normalized spacial score (nSPS) is 11.8. The molecule has 2 aromatic carbocycles. The van der Waals surface area contributed by atoms with Crippen molar-refractivity contribution in [1.29, 1.82) is 0 Å². The van der Waals surface area contributed by atoms with Crippen LogP contribution in [-0.4, -0.2) is 29.3 Å². The molecule has 0 aromatic heterocycles. The maximum absolute atomic E-state index is 13.0. The first kappa shape index (κ1) is 23.2. The molecule has 2 amide bonds. The molecule has 0 fully saturated rings. The van der Waals surface area contributed by atoms with Gasteiger partial charge in [-0.05, 0) is 55.5 Å². The van der Waals surface area contributed by atoms with Crippen LogP contribution in [0.25, 0.3) is 0 Å². The fraction of sp³-hybridized carbons (Fsp3) is 0.391. The highest BCUT2D eigenvalue weighted by atomic mass is 35.5. The van der Waals surface area contributed by atoms with Crippen LogP contribution in [0.5, 0.6) is 0 Å². The number of aryl methyl sites for hydroxylation is 2. The zero-order valence-electron chi connectivity index (χ0n) is 17.2. The number of nitrogens with one attached hydrogen (secondary N) is 1. The van der Waals surface area contributed by atoms with Crippen LogP contribution in [0.3, 0.4) is 0 Å². The van der Waals surface area contributed by atoms with Crippen LogP contribution in [0.4, 0.5) is 0 Å². The molecule has 0 saturated carbocycles. The van der Waals surface area contributed by atoms with E-state index in [0.29, 0.717) is 36.0 Å².